The van der Waals surface area contributed by atoms with E-state index in [-0.39, 0.29) is 0 Å². The predicted molar refractivity (Wildman–Crippen MR) is 212 cm³/mol. The van der Waals surface area contributed by atoms with Crippen molar-refractivity contribution >= 4 is 92.9 Å². The van der Waals surface area contributed by atoms with Crippen molar-refractivity contribution in [3.8, 4) is 22.3 Å². The van der Waals surface area contributed by atoms with Crippen LogP contribution in [0.2, 0.25) is 0 Å². The van der Waals surface area contributed by atoms with Crippen LogP contribution in [-0.4, -0.2) is 24.3 Å². The second kappa shape index (κ2) is 10.2. The van der Waals surface area contributed by atoms with Crippen molar-refractivity contribution in [2.75, 3.05) is 0 Å². The lowest BCUT2D eigenvalue weighted by Crippen LogP contribution is -1.94. The maximum absolute atomic E-state index is 6.56. The van der Waals surface area contributed by atoms with Gasteiger partial charge in [-0.2, -0.15) is 4.98 Å². The minimum Gasteiger partial charge on any atom is -0.422 e. The lowest BCUT2D eigenvalue weighted by atomic mass is 9.86. The molecule has 0 aliphatic heterocycles. The van der Waals surface area contributed by atoms with E-state index in [1.807, 2.05) is 49.1 Å². The minimum absolute atomic E-state index is 0.587. The molecule has 2 aliphatic carbocycles. The van der Waals surface area contributed by atoms with E-state index in [1.165, 1.54) is 5.39 Å². The van der Waals surface area contributed by atoms with E-state index >= 15 is 0 Å². The number of hydrogen-bond donors (Lipinski definition) is 0. The van der Waals surface area contributed by atoms with Crippen LogP contribution in [0.3, 0.4) is 0 Å². The Balaban J connectivity index is 1.31. The third-order valence-corrected chi connectivity index (χ3v) is 10.8. The van der Waals surface area contributed by atoms with Crippen molar-refractivity contribution in [1.82, 2.24) is 24.3 Å². The second-order valence-electron chi connectivity index (χ2n) is 13.4. The molecule has 5 aromatic carbocycles. The van der Waals surface area contributed by atoms with E-state index in [9.17, 15) is 0 Å². The summed E-state index contributed by atoms with van der Waals surface area (Å²) in [6, 6.07) is 45.0. The molecule has 10 aromatic rings. The fourth-order valence-electron chi connectivity index (χ4n) is 8.59. The number of para-hydroxylation sites is 3. The van der Waals surface area contributed by atoms with Gasteiger partial charge in [0.1, 0.15) is 0 Å². The van der Waals surface area contributed by atoms with E-state index in [1.54, 1.807) is 0 Å². The van der Waals surface area contributed by atoms with Gasteiger partial charge in [-0.3, -0.25) is 19.4 Å². The summed E-state index contributed by atoms with van der Waals surface area (Å²) >= 11 is 0. The number of benzene rings is 5. The molecule has 0 saturated carbocycles. The van der Waals surface area contributed by atoms with E-state index in [0.717, 1.165) is 104 Å². The summed E-state index contributed by atoms with van der Waals surface area (Å²) in [5, 5.41) is 11.1. The Kier molecular flexibility index (Phi) is 5.41. The predicted octanol–water partition coefficient (Wildman–Crippen LogP) is 11.7. The van der Waals surface area contributed by atoms with E-state index in [4.69, 9.17) is 19.4 Å². The summed E-state index contributed by atoms with van der Waals surface area (Å²) in [5.41, 5.74) is 9.88. The first kappa shape index (κ1) is 27.6. The molecule has 0 atom stereocenters. The van der Waals surface area contributed by atoms with Crippen LogP contribution >= 0.6 is 0 Å². The third-order valence-electron chi connectivity index (χ3n) is 10.8. The van der Waals surface area contributed by atoms with Gasteiger partial charge in [0, 0.05) is 63.0 Å². The lowest BCUT2D eigenvalue weighted by molar-refractivity contribution is 0.644. The molecule has 2 aliphatic rings. The number of hydrogen-bond acceptors (Lipinski definition) is 5. The highest BCUT2D eigenvalue weighted by Gasteiger charge is 2.22. The molecule has 0 amide bonds. The lowest BCUT2D eigenvalue weighted by Gasteiger charge is -2.18. The number of nitrogens with zero attached hydrogens (tertiary/aromatic N) is 5. The monoisotopic (exact) mass is 663 g/mol. The molecule has 52 heavy (non-hydrogen) atoms. The molecule has 0 radical (unpaired) electrons. The summed E-state index contributed by atoms with van der Waals surface area (Å²) in [4.78, 5) is 19.6. The number of pyridine rings is 3. The van der Waals surface area contributed by atoms with Crippen LogP contribution in [0, 0.1) is 0 Å². The molecule has 5 aromatic heterocycles. The maximum atomic E-state index is 6.56. The zero-order chi connectivity index (χ0) is 33.9. The fraction of sp³-hybridized carbons (Fsp3) is 0. The Labute approximate surface area is 295 Å². The molecule has 0 bridgehead atoms. The smallest absolute Gasteiger partial charge is 0.307 e. The van der Waals surface area contributed by atoms with Crippen molar-refractivity contribution in [1.29, 1.82) is 0 Å². The molecule has 0 saturated heterocycles. The van der Waals surface area contributed by atoms with Crippen LogP contribution in [0.15, 0.2) is 157 Å². The highest BCUT2D eigenvalue weighted by Crippen LogP contribution is 2.47. The quantitative estimate of drug-likeness (QED) is 0.175. The average molecular weight is 664 g/mol. The van der Waals surface area contributed by atoms with Gasteiger partial charge in [0.25, 0.3) is 0 Å². The normalized spacial score (nSPS) is 12.2. The molecule has 12 rings (SSSR count). The first-order valence-corrected chi connectivity index (χ1v) is 17.4. The summed E-state index contributed by atoms with van der Waals surface area (Å²) < 4.78 is 8.67. The molecule has 0 fully saturated rings. The van der Waals surface area contributed by atoms with Gasteiger partial charge >= 0.3 is 5.84 Å². The zero-order valence-electron chi connectivity index (χ0n) is 27.6. The minimum atomic E-state index is 0.587. The number of rotatable bonds is 1. The van der Waals surface area contributed by atoms with Crippen molar-refractivity contribution < 1.29 is 4.42 Å². The molecule has 0 N–H and O–H groups in total. The number of imidazole rings is 1. The van der Waals surface area contributed by atoms with Gasteiger partial charge in [-0.05, 0) is 80.3 Å². The zero-order valence-corrected chi connectivity index (χ0v) is 27.6. The molecule has 6 nitrogen and oxygen atoms in total. The third kappa shape index (κ3) is 3.62. The fourth-order valence-corrected chi connectivity index (χ4v) is 8.59. The van der Waals surface area contributed by atoms with Gasteiger partial charge in [0.15, 0.2) is 5.58 Å². The van der Waals surface area contributed by atoms with Crippen LogP contribution in [-0.2, 0) is 0 Å². The molecule has 6 heteroatoms. The van der Waals surface area contributed by atoms with E-state index in [2.05, 4.69) is 113 Å². The summed E-state index contributed by atoms with van der Waals surface area (Å²) in [5.74, 6) is 0.587. The van der Waals surface area contributed by atoms with E-state index in [0.29, 0.717) is 5.84 Å². The van der Waals surface area contributed by atoms with Crippen LogP contribution in [0.4, 0.5) is 0 Å². The molecule has 0 spiro atoms. The SMILES string of the molecule is c1ccc2c(c1)nc1oc3c(-c4ccc5c(c4)c4cccc6c4-c4c(ccnc4c4ccncc45)c4ncccc4c4ccccc64)cccc3n12. The van der Waals surface area contributed by atoms with Crippen LogP contribution < -0.4 is 0 Å². The van der Waals surface area contributed by atoms with Crippen molar-refractivity contribution in [2.24, 2.45) is 0 Å². The summed E-state index contributed by atoms with van der Waals surface area (Å²) in [6.07, 6.45) is 7.65. The highest BCUT2D eigenvalue weighted by molar-refractivity contribution is 6.30. The van der Waals surface area contributed by atoms with Gasteiger partial charge in [-0.25, -0.2) is 0 Å². The topological polar surface area (TPSA) is 69.1 Å². The van der Waals surface area contributed by atoms with Crippen LogP contribution in [0.25, 0.3) is 115 Å². The molecule has 0 unspecified atom stereocenters. The van der Waals surface area contributed by atoms with Gasteiger partial charge in [-0.15, -0.1) is 0 Å². The molecular formula is C46H25N5O. The standard InChI is InChI=1S/C46H25N5O/c1-2-9-29-28(8-1)31-11-5-12-32-36-24-26(27-10-6-16-40-45(27)52-46-50-38-14-3-4-15-39(38)51(40)46)17-18-30(36)37-25-47-22-19-34(37)44-42(41(31)32)35(20-23-49-44)43-33(29)13-7-21-48-43/h1-25H. The van der Waals surface area contributed by atoms with Gasteiger partial charge in [0.05, 0.1) is 27.6 Å². The van der Waals surface area contributed by atoms with Gasteiger partial charge in [-0.1, -0.05) is 84.9 Å². The van der Waals surface area contributed by atoms with Crippen molar-refractivity contribution in [3.63, 3.8) is 0 Å². The van der Waals surface area contributed by atoms with Gasteiger partial charge < -0.3 is 4.42 Å². The van der Waals surface area contributed by atoms with Crippen LogP contribution in [0.1, 0.15) is 0 Å². The summed E-state index contributed by atoms with van der Waals surface area (Å²) in [6.45, 7) is 0. The number of aromatic nitrogens is 5. The Bertz CT molecular complexity index is 3490. The Hall–Kier alpha value is -7.18. The molecule has 240 valence electrons. The average Bonchev–Trinajstić information content (AvgIpc) is 3.76. The first-order valence-electron chi connectivity index (χ1n) is 17.4. The Morgan fingerprint density at radius 1 is 0.462 bits per heavy atom. The molecular weight excluding hydrogens is 639 g/mol. The Morgan fingerprint density at radius 2 is 1.17 bits per heavy atom. The maximum Gasteiger partial charge on any atom is 0.307 e. The second-order valence-corrected chi connectivity index (χ2v) is 13.4. The number of oxazole rings is 1. The highest BCUT2D eigenvalue weighted by atomic mass is 16.4. The number of fused-ring (bicyclic) bond motifs is 15. The van der Waals surface area contributed by atoms with Gasteiger partial charge in [0.2, 0.25) is 0 Å². The Morgan fingerprint density at radius 3 is 2.12 bits per heavy atom. The van der Waals surface area contributed by atoms with E-state index < -0.39 is 0 Å². The summed E-state index contributed by atoms with van der Waals surface area (Å²) in [7, 11) is 0. The first-order chi connectivity index (χ1) is 25.8. The molecule has 5 heterocycles. The largest absolute Gasteiger partial charge is 0.422 e. The van der Waals surface area contributed by atoms with Crippen molar-refractivity contribution in [3.05, 3.63) is 152 Å². The van der Waals surface area contributed by atoms with Crippen molar-refractivity contribution in [2.45, 2.75) is 0 Å². The van der Waals surface area contributed by atoms with Crippen LogP contribution in [0.5, 0.6) is 0 Å².